The molecule has 2 aromatic heterocycles. The van der Waals surface area contributed by atoms with Crippen LogP contribution < -0.4 is 10.6 Å². The number of hydrogen-bond donors (Lipinski definition) is 2. The maximum atomic E-state index is 4.58. The molecule has 3 rings (SSSR count). The van der Waals surface area contributed by atoms with E-state index >= 15 is 0 Å². The van der Waals surface area contributed by atoms with Crippen molar-refractivity contribution < 1.29 is 0 Å². The Morgan fingerprint density at radius 3 is 2.68 bits per heavy atom. The van der Waals surface area contributed by atoms with E-state index in [1.165, 1.54) is 33.1 Å². The average Bonchev–Trinajstić information content (AvgIpc) is 2.96. The summed E-state index contributed by atoms with van der Waals surface area (Å²) in [6, 6.07) is 8.91. The van der Waals surface area contributed by atoms with Crippen molar-refractivity contribution in [3.8, 4) is 11.1 Å². The number of aromatic amines is 1. The van der Waals surface area contributed by atoms with Gasteiger partial charge < -0.3 is 10.3 Å². The molecule has 1 aromatic carbocycles. The Kier molecular flexibility index (Phi) is 4.17. The van der Waals surface area contributed by atoms with Crippen LogP contribution in [0.1, 0.15) is 12.5 Å². The van der Waals surface area contributed by atoms with Gasteiger partial charge in [-0.2, -0.15) is 0 Å². The van der Waals surface area contributed by atoms with Crippen molar-refractivity contribution in [1.82, 2.24) is 9.97 Å². The van der Waals surface area contributed by atoms with E-state index in [2.05, 4.69) is 66.0 Å². The van der Waals surface area contributed by atoms with Gasteiger partial charge in [-0.05, 0) is 54.4 Å². The van der Waals surface area contributed by atoms with Crippen LogP contribution in [0.15, 0.2) is 36.7 Å². The zero-order valence-corrected chi connectivity index (χ0v) is 14.5. The number of aromatic nitrogens is 2. The summed E-state index contributed by atoms with van der Waals surface area (Å²) in [5, 5.41) is 5.93. The van der Waals surface area contributed by atoms with Gasteiger partial charge in [0.1, 0.15) is 5.65 Å². The zero-order chi connectivity index (χ0) is 15.7. The first kappa shape index (κ1) is 15.1. The maximum Gasteiger partial charge on any atom is 0.137 e. The minimum absolute atomic E-state index is 0.152. The fourth-order valence-electron chi connectivity index (χ4n) is 2.80. The minimum atomic E-state index is -0.152. The number of nitrogens with zero attached hydrogens (tertiary/aromatic N) is 1. The van der Waals surface area contributed by atoms with Crippen molar-refractivity contribution in [2.45, 2.75) is 13.3 Å². The van der Waals surface area contributed by atoms with Gasteiger partial charge in [-0.1, -0.05) is 20.9 Å². The SMILES string of the molecule is CCc1c[nH]c2ncc(-c3ccc(NC)c(P(C)C)c3)cc12. The smallest absolute Gasteiger partial charge is 0.137 e. The highest BCUT2D eigenvalue weighted by Crippen LogP contribution is 2.32. The molecule has 0 radical (unpaired) electrons. The molecule has 4 heteroatoms. The molecule has 0 atom stereocenters. The molecule has 0 spiro atoms. The summed E-state index contributed by atoms with van der Waals surface area (Å²) >= 11 is 0. The largest absolute Gasteiger partial charge is 0.388 e. The van der Waals surface area contributed by atoms with E-state index < -0.39 is 0 Å². The van der Waals surface area contributed by atoms with Gasteiger partial charge >= 0.3 is 0 Å². The van der Waals surface area contributed by atoms with Gasteiger partial charge in [0.15, 0.2) is 0 Å². The van der Waals surface area contributed by atoms with E-state index in [9.17, 15) is 0 Å². The van der Waals surface area contributed by atoms with Crippen LogP contribution in [-0.2, 0) is 6.42 Å². The number of hydrogen-bond acceptors (Lipinski definition) is 2. The van der Waals surface area contributed by atoms with Crippen LogP contribution in [0, 0.1) is 0 Å². The van der Waals surface area contributed by atoms with Crippen LogP contribution in [0.3, 0.4) is 0 Å². The molecule has 2 N–H and O–H groups in total. The summed E-state index contributed by atoms with van der Waals surface area (Å²) in [6.07, 6.45) is 5.04. The molecule has 3 nitrogen and oxygen atoms in total. The van der Waals surface area contributed by atoms with E-state index in [1.807, 2.05) is 13.2 Å². The predicted octanol–water partition coefficient (Wildman–Crippen LogP) is 4.20. The monoisotopic (exact) mass is 311 g/mol. The molecule has 0 aliphatic rings. The van der Waals surface area contributed by atoms with Gasteiger partial charge in [0.2, 0.25) is 0 Å². The Balaban J connectivity index is 2.12. The summed E-state index contributed by atoms with van der Waals surface area (Å²) in [5.41, 5.74) is 5.95. The van der Waals surface area contributed by atoms with Gasteiger partial charge in [0.05, 0.1) is 0 Å². The molecule has 0 fully saturated rings. The van der Waals surface area contributed by atoms with Crippen molar-refractivity contribution in [2.75, 3.05) is 25.7 Å². The highest BCUT2D eigenvalue weighted by atomic mass is 31.1. The lowest BCUT2D eigenvalue weighted by atomic mass is 10.0. The average molecular weight is 311 g/mol. The van der Waals surface area contributed by atoms with Gasteiger partial charge in [-0.3, -0.25) is 0 Å². The number of anilines is 1. The molecule has 114 valence electrons. The first-order valence-electron chi connectivity index (χ1n) is 7.59. The highest BCUT2D eigenvalue weighted by molar-refractivity contribution is 7.64. The Bertz CT molecular complexity index is 805. The standard InChI is InChI=1S/C18H22N3P/c1-5-12-10-20-18-15(12)8-14(11-21-18)13-6-7-16(19-2)17(9-13)22(3)4/h6-11,19H,5H2,1-4H3,(H,20,21). The van der Waals surface area contributed by atoms with E-state index in [-0.39, 0.29) is 7.92 Å². The van der Waals surface area contributed by atoms with Gasteiger partial charge in [0.25, 0.3) is 0 Å². The van der Waals surface area contributed by atoms with E-state index in [1.54, 1.807) is 0 Å². The third-order valence-electron chi connectivity index (χ3n) is 4.08. The molecule has 0 bridgehead atoms. The number of fused-ring (bicyclic) bond motifs is 1. The molecule has 0 amide bonds. The summed E-state index contributed by atoms with van der Waals surface area (Å²) in [5.74, 6) is 0. The molecule has 0 aliphatic heterocycles. The summed E-state index contributed by atoms with van der Waals surface area (Å²) in [6.45, 7) is 6.76. The molecule has 0 saturated heterocycles. The van der Waals surface area contributed by atoms with Crippen molar-refractivity contribution in [2.24, 2.45) is 0 Å². The van der Waals surface area contributed by atoms with Crippen LogP contribution in [0.4, 0.5) is 5.69 Å². The number of rotatable bonds is 4. The van der Waals surface area contributed by atoms with Crippen molar-refractivity contribution in [3.63, 3.8) is 0 Å². The first-order chi connectivity index (χ1) is 10.6. The Labute approximate surface area is 132 Å². The van der Waals surface area contributed by atoms with Crippen LogP contribution in [0.5, 0.6) is 0 Å². The van der Waals surface area contributed by atoms with Crippen molar-refractivity contribution in [1.29, 1.82) is 0 Å². The predicted molar refractivity (Wildman–Crippen MR) is 98.9 cm³/mol. The van der Waals surface area contributed by atoms with E-state index in [0.29, 0.717) is 0 Å². The fraction of sp³-hybridized carbons (Fsp3) is 0.278. The van der Waals surface area contributed by atoms with Crippen LogP contribution in [0.25, 0.3) is 22.2 Å². The summed E-state index contributed by atoms with van der Waals surface area (Å²) < 4.78 is 0. The quantitative estimate of drug-likeness (QED) is 0.709. The van der Waals surface area contributed by atoms with Gasteiger partial charge in [-0.25, -0.2) is 4.98 Å². The summed E-state index contributed by atoms with van der Waals surface area (Å²) in [4.78, 5) is 7.83. The third kappa shape index (κ3) is 2.62. The number of pyridine rings is 1. The molecule has 3 aromatic rings. The molecule has 0 aliphatic carbocycles. The molecule has 2 heterocycles. The fourth-order valence-corrected chi connectivity index (χ4v) is 3.87. The number of benzene rings is 1. The van der Waals surface area contributed by atoms with Crippen LogP contribution >= 0.6 is 7.92 Å². The maximum absolute atomic E-state index is 4.58. The molecular weight excluding hydrogens is 289 g/mol. The van der Waals surface area contributed by atoms with Crippen LogP contribution in [0.2, 0.25) is 0 Å². The Morgan fingerprint density at radius 2 is 2.00 bits per heavy atom. The van der Waals surface area contributed by atoms with Gasteiger partial charge in [-0.15, -0.1) is 0 Å². The number of H-pyrrole nitrogens is 1. The summed E-state index contributed by atoms with van der Waals surface area (Å²) in [7, 11) is 1.83. The van der Waals surface area contributed by atoms with Crippen molar-refractivity contribution >= 4 is 29.9 Å². The van der Waals surface area contributed by atoms with Crippen LogP contribution in [-0.4, -0.2) is 30.3 Å². The zero-order valence-electron chi connectivity index (χ0n) is 13.6. The molecule has 22 heavy (non-hydrogen) atoms. The van der Waals surface area contributed by atoms with Crippen molar-refractivity contribution in [3.05, 3.63) is 42.2 Å². The first-order valence-corrected chi connectivity index (χ1v) is 9.83. The normalized spacial score (nSPS) is 11.3. The number of nitrogens with one attached hydrogen (secondary N) is 2. The van der Waals surface area contributed by atoms with E-state index in [0.717, 1.165) is 12.1 Å². The lowest BCUT2D eigenvalue weighted by Crippen LogP contribution is -2.07. The Morgan fingerprint density at radius 1 is 1.18 bits per heavy atom. The van der Waals surface area contributed by atoms with E-state index in [4.69, 9.17) is 0 Å². The highest BCUT2D eigenvalue weighted by Gasteiger charge is 2.10. The third-order valence-corrected chi connectivity index (χ3v) is 5.41. The minimum Gasteiger partial charge on any atom is -0.388 e. The second kappa shape index (κ2) is 6.10. The lowest BCUT2D eigenvalue weighted by Gasteiger charge is -2.14. The second-order valence-corrected chi connectivity index (χ2v) is 7.93. The topological polar surface area (TPSA) is 40.7 Å². The molecule has 0 saturated carbocycles. The lowest BCUT2D eigenvalue weighted by molar-refractivity contribution is 1.15. The molecular formula is C18H22N3P. The molecule has 0 unspecified atom stereocenters. The second-order valence-electron chi connectivity index (χ2n) is 5.66. The van der Waals surface area contributed by atoms with Gasteiger partial charge in [0, 0.05) is 36.1 Å². The number of aryl methyl sites for hydroxylation is 1. The Hall–Kier alpha value is -1.86.